The van der Waals surface area contributed by atoms with Gasteiger partial charge in [-0.1, -0.05) is 19.1 Å². The molecule has 0 spiro atoms. The third kappa shape index (κ3) is 3.45. The average molecular weight is 464 g/mol. The quantitative estimate of drug-likeness (QED) is 0.398. The van der Waals surface area contributed by atoms with E-state index in [0.29, 0.717) is 12.4 Å². The van der Waals surface area contributed by atoms with Crippen LogP contribution in [0.5, 0.6) is 0 Å². The van der Waals surface area contributed by atoms with Crippen LogP contribution >= 0.6 is 15.9 Å². The van der Waals surface area contributed by atoms with Gasteiger partial charge in [0.15, 0.2) is 5.65 Å². The van der Waals surface area contributed by atoms with Gasteiger partial charge < -0.3 is 9.88 Å². The van der Waals surface area contributed by atoms with Crippen molar-refractivity contribution in [3.8, 4) is 17.2 Å². The van der Waals surface area contributed by atoms with Crippen LogP contribution in [0.25, 0.3) is 22.9 Å². The maximum Gasteiger partial charge on any atom is 0.221 e. The third-order valence-corrected chi connectivity index (χ3v) is 5.26. The summed E-state index contributed by atoms with van der Waals surface area (Å²) in [4.78, 5) is 4.58. The Bertz CT molecular complexity index is 1290. The first-order chi connectivity index (χ1) is 14.7. The van der Waals surface area contributed by atoms with Crippen molar-refractivity contribution in [2.45, 2.75) is 19.9 Å². The van der Waals surface area contributed by atoms with E-state index in [1.165, 1.54) is 0 Å². The summed E-state index contributed by atoms with van der Waals surface area (Å²) in [7, 11) is 0. The summed E-state index contributed by atoms with van der Waals surface area (Å²) in [5.74, 6) is 1.47. The Balaban J connectivity index is 1.38. The molecule has 0 amide bonds. The topological polar surface area (TPSA) is 102 Å². The summed E-state index contributed by atoms with van der Waals surface area (Å²) < 4.78 is 4.79. The number of anilines is 1. The SMILES string of the molecule is CCc1cc(NCc2ccc(-n3cc(Br)cc3-c3nn[nH]n3)cc2)n2nccc2n1. The first-order valence-corrected chi connectivity index (χ1v) is 10.3. The smallest absolute Gasteiger partial charge is 0.221 e. The summed E-state index contributed by atoms with van der Waals surface area (Å²) in [5.41, 5.74) is 4.90. The lowest BCUT2D eigenvalue weighted by Gasteiger charge is -2.11. The van der Waals surface area contributed by atoms with Gasteiger partial charge in [0.1, 0.15) is 5.82 Å². The Morgan fingerprint density at radius 3 is 2.77 bits per heavy atom. The minimum Gasteiger partial charge on any atom is -0.366 e. The highest BCUT2D eigenvalue weighted by Crippen LogP contribution is 2.26. The van der Waals surface area contributed by atoms with Gasteiger partial charge >= 0.3 is 0 Å². The standard InChI is InChI=1S/C20H18BrN9/c1-2-15-10-19(30-18(24-15)7-8-23-30)22-11-13-3-5-16(6-4-13)29-12-14(21)9-17(29)20-25-27-28-26-20/h3-10,12,22H,2,11H2,1H3,(H,25,26,27,28). The van der Waals surface area contributed by atoms with Gasteiger partial charge in [0, 0.05) is 40.7 Å². The van der Waals surface area contributed by atoms with Crippen LogP contribution in [0.3, 0.4) is 0 Å². The van der Waals surface area contributed by atoms with Crippen LogP contribution in [0.4, 0.5) is 5.82 Å². The van der Waals surface area contributed by atoms with Gasteiger partial charge in [0.2, 0.25) is 5.82 Å². The monoisotopic (exact) mass is 463 g/mol. The molecule has 4 heterocycles. The Kier molecular flexibility index (Phi) is 4.75. The summed E-state index contributed by atoms with van der Waals surface area (Å²) in [6.45, 7) is 2.77. The number of nitrogens with one attached hydrogen (secondary N) is 2. The molecule has 0 saturated heterocycles. The highest BCUT2D eigenvalue weighted by Gasteiger charge is 2.12. The molecule has 0 radical (unpaired) electrons. The van der Waals surface area contributed by atoms with E-state index in [1.807, 2.05) is 33.5 Å². The predicted octanol–water partition coefficient (Wildman–Crippen LogP) is 3.64. The Morgan fingerprint density at radius 1 is 1.13 bits per heavy atom. The lowest BCUT2D eigenvalue weighted by Crippen LogP contribution is -2.07. The molecule has 0 unspecified atom stereocenters. The van der Waals surface area contributed by atoms with Crippen LogP contribution in [-0.2, 0) is 13.0 Å². The van der Waals surface area contributed by atoms with Crippen molar-refractivity contribution in [3.05, 3.63) is 70.6 Å². The number of tetrazole rings is 1. The lowest BCUT2D eigenvalue weighted by atomic mass is 10.2. The minimum absolute atomic E-state index is 0.541. The van der Waals surface area contributed by atoms with Crippen LogP contribution in [-0.4, -0.2) is 39.8 Å². The molecule has 0 aliphatic rings. The molecule has 10 heteroatoms. The van der Waals surface area contributed by atoms with E-state index in [9.17, 15) is 0 Å². The number of nitrogens with zero attached hydrogens (tertiary/aromatic N) is 7. The number of aromatic amines is 1. The second-order valence-corrected chi connectivity index (χ2v) is 7.67. The fourth-order valence-electron chi connectivity index (χ4n) is 3.33. The minimum atomic E-state index is 0.541. The molecule has 4 aromatic heterocycles. The largest absolute Gasteiger partial charge is 0.366 e. The van der Waals surface area contributed by atoms with E-state index in [0.717, 1.165) is 45.0 Å². The van der Waals surface area contributed by atoms with E-state index < -0.39 is 0 Å². The molecule has 2 N–H and O–H groups in total. The molecule has 150 valence electrons. The number of aromatic nitrogens is 8. The van der Waals surface area contributed by atoms with Crippen molar-refractivity contribution in [3.63, 3.8) is 0 Å². The van der Waals surface area contributed by atoms with E-state index >= 15 is 0 Å². The zero-order valence-corrected chi connectivity index (χ0v) is 17.7. The van der Waals surface area contributed by atoms with Gasteiger partial charge in [-0.3, -0.25) is 0 Å². The van der Waals surface area contributed by atoms with Crippen molar-refractivity contribution in [1.82, 2.24) is 39.8 Å². The van der Waals surface area contributed by atoms with Crippen LogP contribution < -0.4 is 5.32 Å². The number of H-pyrrole nitrogens is 1. The second kappa shape index (κ2) is 7.71. The van der Waals surface area contributed by atoms with E-state index in [-0.39, 0.29) is 0 Å². The highest BCUT2D eigenvalue weighted by molar-refractivity contribution is 9.10. The van der Waals surface area contributed by atoms with E-state index in [1.54, 1.807) is 6.20 Å². The van der Waals surface area contributed by atoms with Crippen LogP contribution in [0, 0.1) is 0 Å². The number of hydrogen-bond donors (Lipinski definition) is 2. The van der Waals surface area contributed by atoms with Crippen molar-refractivity contribution in [1.29, 1.82) is 0 Å². The molecule has 0 bridgehead atoms. The second-order valence-electron chi connectivity index (χ2n) is 6.76. The molecule has 0 fully saturated rings. The van der Waals surface area contributed by atoms with Gasteiger partial charge in [-0.2, -0.15) is 14.8 Å². The van der Waals surface area contributed by atoms with Crippen molar-refractivity contribution >= 4 is 27.4 Å². The van der Waals surface area contributed by atoms with Gasteiger partial charge in [0.25, 0.3) is 0 Å². The Morgan fingerprint density at radius 2 is 2.00 bits per heavy atom. The molecular formula is C20H18BrN9. The first kappa shape index (κ1) is 18.5. The Labute approximate surface area is 180 Å². The van der Waals surface area contributed by atoms with Crippen LogP contribution in [0.1, 0.15) is 18.2 Å². The number of halogens is 1. The van der Waals surface area contributed by atoms with E-state index in [4.69, 9.17) is 0 Å². The van der Waals surface area contributed by atoms with Crippen molar-refractivity contribution in [2.75, 3.05) is 5.32 Å². The van der Waals surface area contributed by atoms with Gasteiger partial charge in [-0.05, 0) is 51.3 Å². The third-order valence-electron chi connectivity index (χ3n) is 4.82. The number of aryl methyl sites for hydroxylation is 1. The maximum absolute atomic E-state index is 4.58. The van der Waals surface area contributed by atoms with Gasteiger partial charge in [-0.25, -0.2) is 4.98 Å². The van der Waals surface area contributed by atoms with E-state index in [2.05, 4.69) is 83.1 Å². The number of fused-ring (bicyclic) bond motifs is 1. The van der Waals surface area contributed by atoms with Gasteiger partial charge in [0.05, 0.1) is 11.9 Å². The summed E-state index contributed by atoms with van der Waals surface area (Å²) in [5, 5.41) is 22.2. The first-order valence-electron chi connectivity index (χ1n) is 9.50. The summed E-state index contributed by atoms with van der Waals surface area (Å²) in [6, 6.07) is 14.3. The van der Waals surface area contributed by atoms with Crippen LogP contribution in [0.2, 0.25) is 0 Å². The maximum atomic E-state index is 4.58. The van der Waals surface area contributed by atoms with Gasteiger partial charge in [-0.15, -0.1) is 10.2 Å². The van der Waals surface area contributed by atoms with Crippen molar-refractivity contribution in [2.24, 2.45) is 0 Å². The molecule has 0 aliphatic carbocycles. The Hall–Kier alpha value is -3.53. The molecular weight excluding hydrogens is 446 g/mol. The van der Waals surface area contributed by atoms with Crippen LogP contribution in [0.15, 0.2) is 59.3 Å². The lowest BCUT2D eigenvalue weighted by molar-refractivity contribution is 0.881. The fraction of sp³-hybridized carbons (Fsp3) is 0.150. The molecule has 0 saturated carbocycles. The average Bonchev–Trinajstić information content (AvgIpc) is 3.52. The molecule has 30 heavy (non-hydrogen) atoms. The fourth-order valence-corrected chi connectivity index (χ4v) is 3.75. The number of benzene rings is 1. The molecule has 1 aromatic carbocycles. The number of rotatable bonds is 6. The summed E-state index contributed by atoms with van der Waals surface area (Å²) in [6.07, 6.45) is 4.62. The zero-order chi connectivity index (χ0) is 20.5. The number of hydrogen-bond acceptors (Lipinski definition) is 6. The molecule has 9 nitrogen and oxygen atoms in total. The molecule has 0 aliphatic heterocycles. The molecule has 5 aromatic rings. The zero-order valence-electron chi connectivity index (χ0n) is 16.1. The molecule has 0 atom stereocenters. The molecule has 5 rings (SSSR count). The predicted molar refractivity (Wildman–Crippen MR) is 116 cm³/mol. The van der Waals surface area contributed by atoms with Crippen molar-refractivity contribution < 1.29 is 0 Å². The normalized spacial score (nSPS) is 11.3. The highest BCUT2D eigenvalue weighted by atomic mass is 79.9. The summed E-state index contributed by atoms with van der Waals surface area (Å²) >= 11 is 3.53.